The Hall–Kier alpha value is -2.40. The van der Waals surface area contributed by atoms with Crippen molar-refractivity contribution < 1.29 is 21.6 Å². The van der Waals surface area contributed by atoms with Crippen molar-refractivity contribution in [1.29, 1.82) is 0 Å². The van der Waals surface area contributed by atoms with Crippen molar-refractivity contribution in [2.45, 2.75) is 23.3 Å². The molecule has 2 N–H and O–H groups in total. The first-order valence-electron chi connectivity index (χ1n) is 8.91. The van der Waals surface area contributed by atoms with Crippen LogP contribution in [-0.2, 0) is 26.4 Å². The smallest absolute Gasteiger partial charge is 0.261 e. The molecule has 31 heavy (non-hydrogen) atoms. The SMILES string of the molecule is Cc1ccsc1CNC(=O)c1cc(S(=O)(=O)Nc2ccc(S(C)(=O)=O)cc2)ccc1Cl. The number of thiophene rings is 1. The standard InChI is InChI=1S/C20H19ClN2O5S3/c1-13-9-10-29-19(13)12-22-20(24)17-11-16(7-8-18(17)21)31(27,28)23-14-3-5-15(6-4-14)30(2,25)26/h3-11,23H,12H2,1-2H3,(H,22,24). The number of nitrogens with one attached hydrogen (secondary N) is 2. The number of anilines is 1. The van der Waals surface area contributed by atoms with Crippen LogP contribution in [0.1, 0.15) is 20.8 Å². The molecule has 1 amide bonds. The second-order valence-electron chi connectivity index (χ2n) is 6.75. The summed E-state index contributed by atoms with van der Waals surface area (Å²) in [6.07, 6.45) is 1.06. The van der Waals surface area contributed by atoms with Crippen LogP contribution in [-0.4, -0.2) is 29.0 Å². The van der Waals surface area contributed by atoms with E-state index in [9.17, 15) is 21.6 Å². The molecule has 164 valence electrons. The van der Waals surface area contributed by atoms with Gasteiger partial charge < -0.3 is 5.32 Å². The molecule has 0 radical (unpaired) electrons. The van der Waals surface area contributed by atoms with E-state index < -0.39 is 25.8 Å². The van der Waals surface area contributed by atoms with E-state index in [0.717, 1.165) is 16.7 Å². The summed E-state index contributed by atoms with van der Waals surface area (Å²) in [6.45, 7) is 2.24. The van der Waals surface area contributed by atoms with Crippen LogP contribution in [0.3, 0.4) is 0 Å². The third-order valence-corrected chi connectivity index (χ3v) is 8.27. The second kappa shape index (κ2) is 8.99. The Kier molecular flexibility index (Phi) is 6.75. The molecule has 1 heterocycles. The predicted molar refractivity (Wildman–Crippen MR) is 122 cm³/mol. The van der Waals surface area contributed by atoms with Gasteiger partial charge in [0.15, 0.2) is 9.84 Å². The lowest BCUT2D eigenvalue weighted by atomic mass is 10.2. The molecule has 3 aromatic rings. The van der Waals surface area contributed by atoms with E-state index in [2.05, 4.69) is 10.0 Å². The fourth-order valence-corrected chi connectivity index (χ4v) is 5.43. The van der Waals surface area contributed by atoms with Gasteiger partial charge in [0, 0.05) is 16.8 Å². The van der Waals surface area contributed by atoms with Gasteiger partial charge in [0.25, 0.3) is 15.9 Å². The van der Waals surface area contributed by atoms with Crippen LogP contribution in [0.4, 0.5) is 5.69 Å². The summed E-state index contributed by atoms with van der Waals surface area (Å²) in [7, 11) is -7.43. The topological polar surface area (TPSA) is 109 Å². The summed E-state index contributed by atoms with van der Waals surface area (Å²) >= 11 is 7.63. The summed E-state index contributed by atoms with van der Waals surface area (Å²) in [6, 6.07) is 11.1. The Morgan fingerprint density at radius 2 is 1.65 bits per heavy atom. The Bertz CT molecular complexity index is 1330. The molecule has 2 aromatic carbocycles. The second-order valence-corrected chi connectivity index (χ2v) is 11.9. The first-order chi connectivity index (χ1) is 14.5. The lowest BCUT2D eigenvalue weighted by molar-refractivity contribution is 0.0951. The van der Waals surface area contributed by atoms with Crippen molar-refractivity contribution in [3.8, 4) is 0 Å². The summed E-state index contributed by atoms with van der Waals surface area (Å²) in [5.74, 6) is -0.493. The molecule has 0 spiro atoms. The summed E-state index contributed by atoms with van der Waals surface area (Å²) < 4.78 is 51.0. The van der Waals surface area contributed by atoms with Crippen LogP contribution in [0, 0.1) is 6.92 Å². The van der Waals surface area contributed by atoms with Crippen molar-refractivity contribution in [3.05, 3.63) is 74.9 Å². The Morgan fingerprint density at radius 3 is 2.23 bits per heavy atom. The fraction of sp³-hybridized carbons (Fsp3) is 0.150. The van der Waals surface area contributed by atoms with Gasteiger partial charge in [-0.25, -0.2) is 16.8 Å². The molecule has 0 saturated carbocycles. The predicted octanol–water partition coefficient (Wildman–Crippen LogP) is 3.84. The van der Waals surface area contributed by atoms with Crippen molar-refractivity contribution in [2.75, 3.05) is 11.0 Å². The van der Waals surface area contributed by atoms with Crippen LogP contribution in [0.25, 0.3) is 0 Å². The van der Waals surface area contributed by atoms with Gasteiger partial charge in [-0.1, -0.05) is 11.6 Å². The van der Waals surface area contributed by atoms with Gasteiger partial charge in [-0.2, -0.15) is 0 Å². The number of carbonyl (C=O) groups excluding carboxylic acids is 1. The molecule has 1 aromatic heterocycles. The van der Waals surface area contributed by atoms with Gasteiger partial charge in [-0.05, 0) is 66.4 Å². The number of sulfonamides is 1. The number of hydrogen-bond acceptors (Lipinski definition) is 6. The maximum atomic E-state index is 12.8. The maximum absolute atomic E-state index is 12.8. The van der Waals surface area contributed by atoms with Gasteiger partial charge in [0.2, 0.25) is 0 Å². The molecule has 0 aliphatic rings. The van der Waals surface area contributed by atoms with Crippen molar-refractivity contribution in [1.82, 2.24) is 5.32 Å². The highest BCUT2D eigenvalue weighted by molar-refractivity contribution is 7.92. The van der Waals surface area contributed by atoms with Gasteiger partial charge in [-0.3, -0.25) is 9.52 Å². The minimum Gasteiger partial charge on any atom is -0.347 e. The first kappa shape index (κ1) is 23.3. The molecule has 0 unspecified atom stereocenters. The van der Waals surface area contributed by atoms with Gasteiger partial charge in [-0.15, -0.1) is 11.3 Å². The van der Waals surface area contributed by atoms with E-state index in [1.54, 1.807) is 0 Å². The van der Waals surface area contributed by atoms with E-state index in [1.165, 1.54) is 53.8 Å². The average molecular weight is 499 g/mol. The molecule has 0 aliphatic heterocycles. The number of sulfone groups is 1. The van der Waals surface area contributed by atoms with Crippen LogP contribution in [0.5, 0.6) is 0 Å². The molecule has 0 atom stereocenters. The average Bonchev–Trinajstić information content (AvgIpc) is 3.10. The van der Waals surface area contributed by atoms with E-state index in [1.807, 2.05) is 18.4 Å². The number of aryl methyl sites for hydroxylation is 1. The molecule has 0 aliphatic carbocycles. The normalized spacial score (nSPS) is 11.8. The zero-order chi connectivity index (χ0) is 22.8. The lowest BCUT2D eigenvalue weighted by Crippen LogP contribution is -2.23. The minimum atomic E-state index is -4.04. The zero-order valence-electron chi connectivity index (χ0n) is 16.5. The number of rotatable bonds is 7. The minimum absolute atomic E-state index is 0.0335. The highest BCUT2D eigenvalue weighted by Gasteiger charge is 2.19. The van der Waals surface area contributed by atoms with Gasteiger partial charge in [0.05, 0.1) is 26.9 Å². The molecule has 0 bridgehead atoms. The maximum Gasteiger partial charge on any atom is 0.261 e. The van der Waals surface area contributed by atoms with E-state index in [0.29, 0.717) is 6.54 Å². The summed E-state index contributed by atoms with van der Waals surface area (Å²) in [4.78, 5) is 13.5. The van der Waals surface area contributed by atoms with Crippen LogP contribution >= 0.6 is 22.9 Å². The van der Waals surface area contributed by atoms with E-state index >= 15 is 0 Å². The van der Waals surface area contributed by atoms with Gasteiger partial charge >= 0.3 is 0 Å². The first-order valence-corrected chi connectivity index (χ1v) is 13.5. The molecule has 0 saturated heterocycles. The number of hydrogen-bond donors (Lipinski definition) is 2. The molecule has 0 fully saturated rings. The number of halogens is 1. The van der Waals surface area contributed by atoms with Crippen molar-refractivity contribution >= 4 is 54.4 Å². The Balaban J connectivity index is 1.80. The quantitative estimate of drug-likeness (QED) is 0.514. The number of carbonyl (C=O) groups is 1. The van der Waals surface area contributed by atoms with Crippen LogP contribution in [0.15, 0.2) is 63.7 Å². The summed E-state index contributed by atoms with van der Waals surface area (Å²) in [5.41, 5.74) is 1.27. The number of benzene rings is 2. The van der Waals surface area contributed by atoms with E-state index in [-0.39, 0.29) is 26.1 Å². The molecular weight excluding hydrogens is 480 g/mol. The van der Waals surface area contributed by atoms with Crippen LogP contribution in [0.2, 0.25) is 5.02 Å². The van der Waals surface area contributed by atoms with Crippen molar-refractivity contribution in [3.63, 3.8) is 0 Å². The van der Waals surface area contributed by atoms with Crippen molar-refractivity contribution in [2.24, 2.45) is 0 Å². The monoisotopic (exact) mass is 498 g/mol. The molecule has 11 heteroatoms. The Morgan fingerprint density at radius 1 is 1.00 bits per heavy atom. The lowest BCUT2D eigenvalue weighted by Gasteiger charge is -2.11. The molecule has 7 nitrogen and oxygen atoms in total. The largest absolute Gasteiger partial charge is 0.347 e. The third kappa shape index (κ3) is 5.65. The number of amides is 1. The van der Waals surface area contributed by atoms with Gasteiger partial charge in [0.1, 0.15) is 0 Å². The molecule has 3 rings (SSSR count). The highest BCUT2D eigenvalue weighted by Crippen LogP contribution is 2.24. The Labute approximate surface area is 190 Å². The highest BCUT2D eigenvalue weighted by atomic mass is 35.5. The molecular formula is C20H19ClN2O5S3. The fourth-order valence-electron chi connectivity index (χ4n) is 2.67. The zero-order valence-corrected chi connectivity index (χ0v) is 19.8. The van der Waals surface area contributed by atoms with Crippen LogP contribution < -0.4 is 10.0 Å². The summed E-state index contributed by atoms with van der Waals surface area (Å²) in [5, 5.41) is 4.79. The third-order valence-electron chi connectivity index (χ3n) is 4.41. The van der Waals surface area contributed by atoms with E-state index in [4.69, 9.17) is 11.6 Å².